The summed E-state index contributed by atoms with van der Waals surface area (Å²) in [5, 5.41) is 5.74. The molecule has 0 saturated carbocycles. The summed E-state index contributed by atoms with van der Waals surface area (Å²) in [7, 11) is 0. The minimum Gasteiger partial charge on any atom is -0.380 e. The molecule has 1 aliphatic heterocycles. The number of hydrogen-bond acceptors (Lipinski definition) is 5. The number of hydrogen-bond donors (Lipinski definition) is 0. The van der Waals surface area contributed by atoms with E-state index in [-0.39, 0.29) is 0 Å². The molecule has 90 valence electrons. The van der Waals surface area contributed by atoms with Crippen LogP contribution < -0.4 is 0 Å². The third-order valence-electron chi connectivity index (χ3n) is 2.76. The summed E-state index contributed by atoms with van der Waals surface area (Å²) in [5.41, 5.74) is 2.04. The smallest absolute Gasteiger partial charge is 0.253 e. The van der Waals surface area contributed by atoms with Gasteiger partial charge < -0.3 is 4.74 Å². The van der Waals surface area contributed by atoms with Crippen molar-refractivity contribution in [3.8, 4) is 0 Å². The molecule has 3 heterocycles. The van der Waals surface area contributed by atoms with Crippen LogP contribution in [0.15, 0.2) is 11.2 Å². The Morgan fingerprint density at radius 1 is 1.41 bits per heavy atom. The number of fused-ring (bicyclic) bond motifs is 1. The van der Waals surface area contributed by atoms with E-state index in [9.17, 15) is 0 Å². The average molecular weight is 250 g/mol. The fourth-order valence-corrected chi connectivity index (χ4v) is 2.89. The van der Waals surface area contributed by atoms with Gasteiger partial charge in [-0.15, -0.1) is 5.10 Å². The molecule has 0 unspecified atom stereocenters. The second kappa shape index (κ2) is 4.27. The van der Waals surface area contributed by atoms with Gasteiger partial charge in [-0.05, 0) is 26.3 Å². The molecule has 1 aliphatic rings. The van der Waals surface area contributed by atoms with Gasteiger partial charge in [0, 0.05) is 23.2 Å². The molecular formula is C11H14N4OS. The van der Waals surface area contributed by atoms with Crippen molar-refractivity contribution in [1.82, 2.24) is 19.6 Å². The monoisotopic (exact) mass is 250 g/mol. The van der Waals surface area contributed by atoms with Crippen LogP contribution in [0.25, 0.3) is 5.78 Å². The molecule has 0 amide bonds. The minimum atomic E-state index is 0.480. The van der Waals surface area contributed by atoms with Crippen LogP contribution in [0.2, 0.25) is 0 Å². The zero-order chi connectivity index (χ0) is 11.8. The van der Waals surface area contributed by atoms with Gasteiger partial charge in [0.25, 0.3) is 5.78 Å². The summed E-state index contributed by atoms with van der Waals surface area (Å²) in [4.78, 5) is 8.82. The fourth-order valence-electron chi connectivity index (χ4n) is 1.95. The van der Waals surface area contributed by atoms with Gasteiger partial charge in [0.1, 0.15) is 0 Å². The lowest BCUT2D eigenvalue weighted by atomic mass is 10.4. The van der Waals surface area contributed by atoms with Gasteiger partial charge in [0.05, 0.1) is 6.61 Å². The van der Waals surface area contributed by atoms with E-state index < -0.39 is 0 Å². The minimum absolute atomic E-state index is 0.480. The number of nitrogens with zero attached hydrogens (tertiary/aromatic N) is 4. The summed E-state index contributed by atoms with van der Waals surface area (Å²) in [6.07, 6.45) is 1.08. The molecule has 17 heavy (non-hydrogen) atoms. The van der Waals surface area contributed by atoms with Gasteiger partial charge in [-0.2, -0.15) is 4.98 Å². The zero-order valence-electron chi connectivity index (χ0n) is 9.88. The van der Waals surface area contributed by atoms with Crippen molar-refractivity contribution < 1.29 is 4.74 Å². The van der Waals surface area contributed by atoms with Crippen molar-refractivity contribution in [3.63, 3.8) is 0 Å². The van der Waals surface area contributed by atoms with Gasteiger partial charge >= 0.3 is 0 Å². The van der Waals surface area contributed by atoms with Crippen LogP contribution in [0.1, 0.15) is 17.8 Å². The molecule has 0 spiro atoms. The summed E-state index contributed by atoms with van der Waals surface area (Å²) in [5.74, 6) is 0.684. The lowest BCUT2D eigenvalue weighted by Gasteiger charge is -2.01. The van der Waals surface area contributed by atoms with Gasteiger partial charge in [0.15, 0.2) is 0 Å². The maximum absolute atomic E-state index is 5.35. The van der Waals surface area contributed by atoms with E-state index in [4.69, 9.17) is 4.74 Å². The summed E-state index contributed by atoms with van der Waals surface area (Å²) in [6, 6.07) is 2.01. The third-order valence-corrected chi connectivity index (χ3v) is 3.85. The van der Waals surface area contributed by atoms with Crippen molar-refractivity contribution in [2.45, 2.75) is 30.7 Å². The normalized spacial score (nSPS) is 20.2. The molecule has 1 fully saturated rings. The second-order valence-corrected chi connectivity index (χ2v) is 5.52. The molecule has 1 saturated heterocycles. The molecule has 0 bridgehead atoms. The average Bonchev–Trinajstić information content (AvgIpc) is 2.87. The van der Waals surface area contributed by atoms with Crippen molar-refractivity contribution >= 4 is 17.5 Å². The van der Waals surface area contributed by atoms with Crippen LogP contribution in [0.4, 0.5) is 0 Å². The van der Waals surface area contributed by atoms with Crippen molar-refractivity contribution in [2.75, 3.05) is 13.2 Å². The Balaban J connectivity index is 1.93. The molecule has 2 aromatic heterocycles. The van der Waals surface area contributed by atoms with E-state index in [0.717, 1.165) is 36.2 Å². The quantitative estimate of drug-likeness (QED) is 0.810. The highest BCUT2D eigenvalue weighted by atomic mass is 32.2. The number of ether oxygens (including phenoxy) is 1. The molecule has 6 heteroatoms. The first kappa shape index (κ1) is 11.0. The highest BCUT2D eigenvalue weighted by molar-refractivity contribution is 7.99. The first-order valence-corrected chi connectivity index (χ1v) is 6.56. The van der Waals surface area contributed by atoms with E-state index in [2.05, 4.69) is 15.1 Å². The van der Waals surface area contributed by atoms with E-state index >= 15 is 0 Å². The molecule has 3 rings (SSSR count). The third kappa shape index (κ3) is 2.14. The molecule has 1 atom stereocenters. The van der Waals surface area contributed by atoms with Crippen LogP contribution in [0.5, 0.6) is 0 Å². The van der Waals surface area contributed by atoms with E-state index in [1.807, 2.05) is 19.9 Å². The molecule has 0 radical (unpaired) electrons. The van der Waals surface area contributed by atoms with Crippen LogP contribution in [0.3, 0.4) is 0 Å². The molecule has 0 N–H and O–H groups in total. The predicted molar refractivity (Wildman–Crippen MR) is 65.3 cm³/mol. The lowest BCUT2D eigenvalue weighted by Crippen LogP contribution is -2.01. The molecular weight excluding hydrogens is 236 g/mol. The number of thioether (sulfide) groups is 1. The maximum atomic E-state index is 5.35. The first-order valence-electron chi connectivity index (χ1n) is 5.68. The maximum Gasteiger partial charge on any atom is 0.253 e. The standard InChI is InChI=1S/C11H14N4OS/c1-7-5-8(2)15-10(12-7)13-11(14-15)17-9-3-4-16-6-9/h5,9H,3-4,6H2,1-2H3/t9-/m0/s1. The van der Waals surface area contributed by atoms with Crippen LogP contribution in [-0.2, 0) is 4.74 Å². The SMILES string of the molecule is Cc1cc(C)n2nc(S[C@H]3CCOC3)nc2n1. The van der Waals surface area contributed by atoms with Crippen molar-refractivity contribution in [1.29, 1.82) is 0 Å². The summed E-state index contributed by atoms with van der Waals surface area (Å²) >= 11 is 1.68. The lowest BCUT2D eigenvalue weighted by molar-refractivity contribution is 0.199. The topological polar surface area (TPSA) is 52.3 Å². The van der Waals surface area contributed by atoms with E-state index in [0.29, 0.717) is 11.0 Å². The number of aryl methyl sites for hydroxylation is 2. The van der Waals surface area contributed by atoms with Gasteiger partial charge in [0.2, 0.25) is 5.16 Å². The van der Waals surface area contributed by atoms with Crippen molar-refractivity contribution in [3.05, 3.63) is 17.5 Å². The van der Waals surface area contributed by atoms with Crippen molar-refractivity contribution in [2.24, 2.45) is 0 Å². The Morgan fingerprint density at radius 3 is 3.06 bits per heavy atom. The molecule has 2 aromatic rings. The highest BCUT2D eigenvalue weighted by Crippen LogP contribution is 2.26. The van der Waals surface area contributed by atoms with Gasteiger partial charge in [-0.25, -0.2) is 9.50 Å². The van der Waals surface area contributed by atoms with Crippen LogP contribution >= 0.6 is 11.8 Å². The van der Waals surface area contributed by atoms with Crippen LogP contribution in [0, 0.1) is 13.8 Å². The Hall–Kier alpha value is -1.14. The van der Waals surface area contributed by atoms with Crippen LogP contribution in [-0.4, -0.2) is 38.0 Å². The molecule has 0 aromatic carbocycles. The first-order chi connectivity index (χ1) is 8.22. The fraction of sp³-hybridized carbons (Fsp3) is 0.545. The Labute approximate surface area is 104 Å². The predicted octanol–water partition coefficient (Wildman–Crippen LogP) is 1.62. The van der Waals surface area contributed by atoms with E-state index in [1.165, 1.54) is 0 Å². The highest BCUT2D eigenvalue weighted by Gasteiger charge is 2.19. The van der Waals surface area contributed by atoms with E-state index in [1.54, 1.807) is 16.3 Å². The number of aromatic nitrogens is 4. The molecule has 5 nitrogen and oxygen atoms in total. The zero-order valence-corrected chi connectivity index (χ0v) is 10.7. The number of rotatable bonds is 2. The summed E-state index contributed by atoms with van der Waals surface area (Å²) in [6.45, 7) is 5.63. The Kier molecular flexibility index (Phi) is 2.76. The largest absolute Gasteiger partial charge is 0.380 e. The van der Waals surface area contributed by atoms with Gasteiger partial charge in [-0.3, -0.25) is 0 Å². The molecule has 0 aliphatic carbocycles. The van der Waals surface area contributed by atoms with Gasteiger partial charge in [-0.1, -0.05) is 11.8 Å². The summed E-state index contributed by atoms with van der Waals surface area (Å²) < 4.78 is 7.14. The second-order valence-electron chi connectivity index (χ2n) is 4.25. The Bertz CT molecular complexity index is 548. The Morgan fingerprint density at radius 2 is 2.29 bits per heavy atom.